The highest BCUT2D eigenvalue weighted by Crippen LogP contribution is 2.46. The molecular formula is C10H15N3O2. The van der Waals surface area contributed by atoms with Gasteiger partial charge in [0, 0.05) is 12.0 Å². The minimum Gasteiger partial charge on any atom is -0.379 e. The predicted molar refractivity (Wildman–Crippen MR) is 52.2 cm³/mol. The van der Waals surface area contributed by atoms with Crippen molar-refractivity contribution in [3.63, 3.8) is 0 Å². The summed E-state index contributed by atoms with van der Waals surface area (Å²) in [5, 5.41) is 4.02. The van der Waals surface area contributed by atoms with Gasteiger partial charge in [-0.2, -0.15) is 4.98 Å². The number of hydrogen-bond donors (Lipinski definition) is 1. The van der Waals surface area contributed by atoms with E-state index in [9.17, 15) is 0 Å². The van der Waals surface area contributed by atoms with Crippen LogP contribution in [-0.4, -0.2) is 23.4 Å². The molecule has 1 saturated carbocycles. The van der Waals surface area contributed by atoms with Crippen LogP contribution in [0, 0.1) is 0 Å². The molecule has 0 radical (unpaired) electrons. The molecule has 1 aromatic rings. The van der Waals surface area contributed by atoms with Gasteiger partial charge in [0.15, 0.2) is 5.82 Å². The van der Waals surface area contributed by atoms with E-state index in [-0.39, 0.29) is 5.41 Å². The van der Waals surface area contributed by atoms with Crippen molar-refractivity contribution in [1.82, 2.24) is 10.1 Å². The molecule has 1 aliphatic carbocycles. The Hall–Kier alpha value is -0.940. The average molecular weight is 209 g/mol. The van der Waals surface area contributed by atoms with Gasteiger partial charge in [-0.1, -0.05) is 12.1 Å². The van der Waals surface area contributed by atoms with Crippen LogP contribution in [-0.2, 0) is 15.7 Å². The minimum atomic E-state index is -0.559. The van der Waals surface area contributed by atoms with E-state index < -0.39 is 5.54 Å². The number of hydrogen-bond acceptors (Lipinski definition) is 5. The highest BCUT2D eigenvalue weighted by Gasteiger charge is 2.46. The SMILES string of the molecule is CC1(c2noc(C3(N)CCOC3)n2)CC1. The van der Waals surface area contributed by atoms with E-state index >= 15 is 0 Å². The van der Waals surface area contributed by atoms with E-state index in [1.165, 1.54) is 0 Å². The molecule has 2 heterocycles. The van der Waals surface area contributed by atoms with Crippen molar-refractivity contribution in [3.05, 3.63) is 11.7 Å². The van der Waals surface area contributed by atoms with Crippen LogP contribution in [0.2, 0.25) is 0 Å². The molecule has 5 nitrogen and oxygen atoms in total. The van der Waals surface area contributed by atoms with Gasteiger partial charge in [0.1, 0.15) is 5.54 Å². The quantitative estimate of drug-likeness (QED) is 0.775. The van der Waals surface area contributed by atoms with Gasteiger partial charge in [-0.05, 0) is 19.3 Å². The summed E-state index contributed by atoms with van der Waals surface area (Å²) >= 11 is 0. The van der Waals surface area contributed by atoms with E-state index in [1.54, 1.807) is 0 Å². The van der Waals surface area contributed by atoms with Crippen LogP contribution in [0.1, 0.15) is 37.9 Å². The van der Waals surface area contributed by atoms with E-state index in [2.05, 4.69) is 17.1 Å². The maximum absolute atomic E-state index is 6.14. The molecule has 1 atom stereocenters. The van der Waals surface area contributed by atoms with Crippen LogP contribution in [0.15, 0.2) is 4.52 Å². The molecule has 1 unspecified atom stereocenters. The molecule has 82 valence electrons. The molecule has 3 rings (SSSR count). The van der Waals surface area contributed by atoms with Crippen LogP contribution < -0.4 is 5.73 Å². The molecule has 0 amide bonds. The Bertz CT molecular complexity index is 378. The first-order valence-electron chi connectivity index (χ1n) is 5.34. The largest absolute Gasteiger partial charge is 0.379 e. The minimum absolute atomic E-state index is 0.136. The normalized spacial score (nSPS) is 33.2. The summed E-state index contributed by atoms with van der Waals surface area (Å²) in [5.74, 6) is 1.33. The molecule has 2 N–H and O–H groups in total. The summed E-state index contributed by atoms with van der Waals surface area (Å²) in [4.78, 5) is 4.42. The predicted octanol–water partition coefficient (Wildman–Crippen LogP) is 0.695. The molecule has 1 aromatic heterocycles. The van der Waals surface area contributed by atoms with Crippen molar-refractivity contribution in [2.45, 2.75) is 37.1 Å². The van der Waals surface area contributed by atoms with Gasteiger partial charge in [0.05, 0.1) is 6.61 Å². The Balaban J connectivity index is 1.90. The third kappa shape index (κ3) is 1.38. The molecule has 5 heteroatoms. The van der Waals surface area contributed by atoms with E-state index in [0.29, 0.717) is 19.1 Å². The van der Waals surface area contributed by atoms with Crippen molar-refractivity contribution in [2.24, 2.45) is 5.73 Å². The highest BCUT2D eigenvalue weighted by molar-refractivity contribution is 5.16. The zero-order valence-electron chi connectivity index (χ0n) is 8.82. The van der Waals surface area contributed by atoms with Gasteiger partial charge >= 0.3 is 0 Å². The average Bonchev–Trinajstić information content (AvgIpc) is 2.74. The lowest BCUT2D eigenvalue weighted by atomic mass is 10.0. The molecule has 0 spiro atoms. The van der Waals surface area contributed by atoms with Gasteiger partial charge in [-0.15, -0.1) is 0 Å². The number of ether oxygens (including phenoxy) is 1. The Morgan fingerprint density at radius 3 is 2.73 bits per heavy atom. The molecule has 1 saturated heterocycles. The summed E-state index contributed by atoms with van der Waals surface area (Å²) in [5.41, 5.74) is 5.71. The zero-order valence-corrected chi connectivity index (χ0v) is 8.82. The van der Waals surface area contributed by atoms with E-state index in [0.717, 1.165) is 25.1 Å². The number of rotatable bonds is 2. The fraction of sp³-hybridized carbons (Fsp3) is 0.800. The highest BCUT2D eigenvalue weighted by atomic mass is 16.5. The third-order valence-corrected chi connectivity index (χ3v) is 3.44. The maximum Gasteiger partial charge on any atom is 0.249 e. The molecule has 2 aliphatic rings. The topological polar surface area (TPSA) is 74.2 Å². The lowest BCUT2D eigenvalue weighted by Crippen LogP contribution is -2.37. The molecule has 2 fully saturated rings. The third-order valence-electron chi connectivity index (χ3n) is 3.44. The molecule has 0 aromatic carbocycles. The van der Waals surface area contributed by atoms with Crippen LogP contribution in [0.5, 0.6) is 0 Å². The second-order valence-electron chi connectivity index (χ2n) is 4.94. The van der Waals surface area contributed by atoms with Crippen molar-refractivity contribution in [2.75, 3.05) is 13.2 Å². The van der Waals surface area contributed by atoms with Crippen LogP contribution in [0.4, 0.5) is 0 Å². The Morgan fingerprint density at radius 2 is 2.13 bits per heavy atom. The van der Waals surface area contributed by atoms with Gasteiger partial charge in [0.25, 0.3) is 0 Å². The summed E-state index contributed by atoms with van der Waals surface area (Å²) in [6, 6.07) is 0. The van der Waals surface area contributed by atoms with Crippen molar-refractivity contribution < 1.29 is 9.26 Å². The van der Waals surface area contributed by atoms with Crippen molar-refractivity contribution in [1.29, 1.82) is 0 Å². The second-order valence-corrected chi connectivity index (χ2v) is 4.94. The number of nitrogens with zero attached hydrogens (tertiary/aromatic N) is 2. The van der Waals surface area contributed by atoms with Crippen LogP contribution >= 0.6 is 0 Å². The zero-order chi connectivity index (χ0) is 10.5. The Kier molecular flexibility index (Phi) is 1.73. The lowest BCUT2D eigenvalue weighted by molar-refractivity contribution is 0.166. The Labute approximate surface area is 88.0 Å². The van der Waals surface area contributed by atoms with E-state index in [4.69, 9.17) is 15.0 Å². The van der Waals surface area contributed by atoms with Gasteiger partial charge in [-0.3, -0.25) is 0 Å². The van der Waals surface area contributed by atoms with Crippen molar-refractivity contribution >= 4 is 0 Å². The molecule has 1 aliphatic heterocycles. The molecular weight excluding hydrogens is 194 g/mol. The van der Waals surface area contributed by atoms with Crippen molar-refractivity contribution in [3.8, 4) is 0 Å². The summed E-state index contributed by atoms with van der Waals surface area (Å²) in [7, 11) is 0. The number of aromatic nitrogens is 2. The molecule has 0 bridgehead atoms. The summed E-state index contributed by atoms with van der Waals surface area (Å²) in [6.45, 7) is 3.30. The first-order valence-corrected chi connectivity index (χ1v) is 5.34. The van der Waals surface area contributed by atoms with Crippen LogP contribution in [0.3, 0.4) is 0 Å². The van der Waals surface area contributed by atoms with Gasteiger partial charge in [-0.25, -0.2) is 0 Å². The standard InChI is InChI=1S/C10H15N3O2/c1-9(2-3-9)7-12-8(15-13-7)10(11)4-5-14-6-10/h2-6,11H2,1H3. The fourth-order valence-electron chi connectivity index (χ4n) is 1.83. The summed E-state index contributed by atoms with van der Waals surface area (Å²) in [6.07, 6.45) is 3.03. The van der Waals surface area contributed by atoms with E-state index in [1.807, 2.05) is 0 Å². The second kappa shape index (κ2) is 2.80. The summed E-state index contributed by atoms with van der Waals surface area (Å²) < 4.78 is 10.5. The first kappa shape index (κ1) is 9.30. The monoisotopic (exact) mass is 209 g/mol. The number of nitrogens with two attached hydrogens (primary N) is 1. The maximum atomic E-state index is 6.14. The van der Waals surface area contributed by atoms with Gasteiger partial charge < -0.3 is 15.0 Å². The van der Waals surface area contributed by atoms with Gasteiger partial charge in [0.2, 0.25) is 5.89 Å². The lowest BCUT2D eigenvalue weighted by Gasteiger charge is -2.15. The molecule has 15 heavy (non-hydrogen) atoms. The van der Waals surface area contributed by atoms with Crippen LogP contribution in [0.25, 0.3) is 0 Å². The first-order chi connectivity index (χ1) is 7.12. The Morgan fingerprint density at radius 1 is 1.33 bits per heavy atom. The fourth-order valence-corrected chi connectivity index (χ4v) is 1.83. The smallest absolute Gasteiger partial charge is 0.249 e.